The highest BCUT2D eigenvalue weighted by Gasteiger charge is 2.52. The number of nitrogen functional groups attached to an aromatic ring is 1. The maximum Gasteiger partial charge on any atom is 0.243 e. The lowest BCUT2D eigenvalue weighted by Gasteiger charge is -2.24. The summed E-state index contributed by atoms with van der Waals surface area (Å²) in [6.07, 6.45) is 1.49. The third-order valence-electron chi connectivity index (χ3n) is 6.53. The Hall–Kier alpha value is -4.27. The molecule has 14 heteroatoms. The van der Waals surface area contributed by atoms with Crippen LogP contribution < -0.4 is 16.8 Å². The van der Waals surface area contributed by atoms with E-state index in [4.69, 9.17) is 25.4 Å². The number of pyridine rings is 1. The Bertz CT molecular complexity index is 1430. The van der Waals surface area contributed by atoms with Crippen LogP contribution in [0.3, 0.4) is 0 Å². The van der Waals surface area contributed by atoms with Crippen molar-refractivity contribution < 1.29 is 32.6 Å². The zero-order chi connectivity index (χ0) is 29.6. The number of nitrogens with one attached hydrogen (secondary N) is 2. The Balaban J connectivity index is 0.00000124. The number of amides is 3. The molecule has 1 aromatic carbocycles. The molecule has 1 spiro atoms. The number of primary amides is 1. The molecule has 6 N–H and O–H groups in total. The lowest BCUT2D eigenvalue weighted by Crippen LogP contribution is -2.46. The molecule has 2 aliphatic rings. The molecule has 3 amide bonds. The summed E-state index contributed by atoms with van der Waals surface area (Å²) in [7, 11) is 0. The molecule has 1 unspecified atom stereocenters. The molecule has 4 heterocycles. The smallest absolute Gasteiger partial charge is 0.243 e. The monoisotopic (exact) mass is 586 g/mol. The van der Waals surface area contributed by atoms with Gasteiger partial charge in [-0.2, -0.15) is 0 Å². The predicted molar refractivity (Wildman–Crippen MR) is 145 cm³/mol. The van der Waals surface area contributed by atoms with Crippen LogP contribution in [-0.2, 0) is 36.8 Å². The second-order valence-electron chi connectivity index (χ2n) is 9.26. The Morgan fingerprint density at radius 1 is 1.22 bits per heavy atom. The topological polar surface area (TPSA) is 174 Å². The van der Waals surface area contributed by atoms with Crippen molar-refractivity contribution in [1.82, 2.24) is 15.2 Å². The van der Waals surface area contributed by atoms with Gasteiger partial charge in [-0.3, -0.25) is 24.8 Å². The summed E-state index contributed by atoms with van der Waals surface area (Å²) in [4.78, 5) is 41.5. The number of hydrogen-bond donors (Lipinski definition) is 4. The zero-order valence-corrected chi connectivity index (χ0v) is 22.6. The summed E-state index contributed by atoms with van der Waals surface area (Å²) >= 11 is 1.36. The van der Waals surface area contributed by atoms with Crippen molar-refractivity contribution in [3.63, 3.8) is 0 Å². The number of likely N-dealkylation sites (tertiary alicyclic amines) is 1. The number of halogens is 2. The van der Waals surface area contributed by atoms with Crippen LogP contribution in [0.5, 0.6) is 0 Å². The Kier molecular flexibility index (Phi) is 9.37. The molecule has 5 rings (SSSR count). The number of carbonyl (C=O) groups is 3. The summed E-state index contributed by atoms with van der Waals surface area (Å²) in [6, 6.07) is 7.41. The van der Waals surface area contributed by atoms with Crippen LogP contribution in [-0.4, -0.2) is 65.5 Å². The van der Waals surface area contributed by atoms with Gasteiger partial charge in [0.05, 0.1) is 38.4 Å². The van der Waals surface area contributed by atoms with Crippen molar-refractivity contribution in [3.05, 3.63) is 75.7 Å². The Labute approximate surface area is 237 Å². The quantitative estimate of drug-likeness (QED) is 0.185. The highest BCUT2D eigenvalue weighted by atomic mass is 32.1. The molecule has 3 aromatic rings. The fourth-order valence-electron chi connectivity index (χ4n) is 4.61. The predicted octanol–water partition coefficient (Wildman–Crippen LogP) is 1.68. The molecule has 2 saturated heterocycles. The minimum Gasteiger partial charge on any atom is -0.384 e. The van der Waals surface area contributed by atoms with Crippen LogP contribution in [0.1, 0.15) is 22.6 Å². The molecule has 0 radical (unpaired) electrons. The van der Waals surface area contributed by atoms with Crippen molar-refractivity contribution in [3.8, 4) is 11.1 Å². The molecular weight excluding hydrogens is 558 g/mol. The summed E-state index contributed by atoms with van der Waals surface area (Å²) in [6.45, 7) is 0.989. The van der Waals surface area contributed by atoms with Crippen LogP contribution in [0.4, 0.5) is 8.78 Å². The van der Waals surface area contributed by atoms with E-state index in [1.165, 1.54) is 52.8 Å². The SMILES string of the molecule is N=C(N)c1csc(CNC(=O)C2CC3(CN2C(=O)Cc2cc(F)c(-c4ccc(F)cc4)cn2)OCCO3)c1.NC=O. The van der Waals surface area contributed by atoms with Crippen LogP contribution in [0, 0.1) is 17.0 Å². The van der Waals surface area contributed by atoms with E-state index < -0.39 is 29.4 Å². The molecule has 1 atom stereocenters. The van der Waals surface area contributed by atoms with E-state index in [-0.39, 0.29) is 55.3 Å². The van der Waals surface area contributed by atoms with E-state index >= 15 is 0 Å². The van der Waals surface area contributed by atoms with Gasteiger partial charge in [-0.05, 0) is 29.8 Å². The summed E-state index contributed by atoms with van der Waals surface area (Å²) in [5, 5.41) is 12.1. The van der Waals surface area contributed by atoms with Crippen LogP contribution >= 0.6 is 11.3 Å². The van der Waals surface area contributed by atoms with Crippen LogP contribution in [0.25, 0.3) is 11.1 Å². The van der Waals surface area contributed by atoms with Gasteiger partial charge in [0.25, 0.3) is 0 Å². The van der Waals surface area contributed by atoms with Gasteiger partial charge < -0.3 is 31.2 Å². The molecule has 41 heavy (non-hydrogen) atoms. The van der Waals surface area contributed by atoms with E-state index in [1.807, 2.05) is 0 Å². The van der Waals surface area contributed by atoms with Crippen LogP contribution in [0.15, 0.2) is 48.0 Å². The second-order valence-corrected chi connectivity index (χ2v) is 10.3. The van der Waals surface area contributed by atoms with Gasteiger partial charge in [0.1, 0.15) is 23.5 Å². The molecule has 2 aliphatic heterocycles. The standard InChI is InChI=1S/C26H25F2N5O4S.CH3NO/c27-17-3-1-15(2-4-17)20-12-31-18(8-21(20)28)9-23(34)33-14-26(36-5-6-37-26)10-22(33)25(35)32-11-19-7-16(13-38-19)24(29)30;2-1-3/h1-4,7-8,12-13,22H,5-6,9-11,14H2,(H3,29,30)(H,32,35);1H,(H2,2,3). The molecule has 2 aromatic heterocycles. The number of carbonyl (C=O) groups excluding carboxylic acids is 3. The Morgan fingerprint density at radius 2 is 1.90 bits per heavy atom. The number of rotatable bonds is 7. The number of aromatic nitrogens is 1. The third-order valence-corrected chi connectivity index (χ3v) is 7.46. The van der Waals surface area contributed by atoms with E-state index in [1.54, 1.807) is 11.4 Å². The molecule has 0 aliphatic carbocycles. The van der Waals surface area contributed by atoms with Gasteiger partial charge >= 0.3 is 0 Å². The van der Waals surface area contributed by atoms with E-state index in [0.717, 1.165) is 4.88 Å². The molecule has 2 fully saturated rings. The maximum absolute atomic E-state index is 14.8. The number of benzene rings is 1. The van der Waals surface area contributed by atoms with Crippen LogP contribution in [0.2, 0.25) is 0 Å². The van der Waals surface area contributed by atoms with Gasteiger partial charge in [0.2, 0.25) is 18.2 Å². The largest absolute Gasteiger partial charge is 0.384 e. The lowest BCUT2D eigenvalue weighted by atomic mass is 10.1. The average molecular weight is 587 g/mol. The number of thiophene rings is 1. The maximum atomic E-state index is 14.8. The van der Waals surface area contributed by atoms with Crippen molar-refractivity contribution in [1.29, 1.82) is 5.41 Å². The minimum atomic E-state index is -1.06. The van der Waals surface area contributed by atoms with Gasteiger partial charge in [-0.1, -0.05) is 12.1 Å². The van der Waals surface area contributed by atoms with Gasteiger partial charge in [-0.25, -0.2) is 8.78 Å². The first-order chi connectivity index (χ1) is 19.6. The highest BCUT2D eigenvalue weighted by Crippen LogP contribution is 2.35. The fourth-order valence-corrected chi connectivity index (χ4v) is 5.44. The Morgan fingerprint density at radius 3 is 2.51 bits per heavy atom. The minimum absolute atomic E-state index is 0.0559. The number of ether oxygens (including phenoxy) is 2. The van der Waals surface area contributed by atoms with Gasteiger partial charge in [-0.15, -0.1) is 11.3 Å². The van der Waals surface area contributed by atoms with Crippen molar-refractivity contribution in [2.75, 3.05) is 19.8 Å². The van der Waals surface area contributed by atoms with Crippen molar-refractivity contribution in [2.45, 2.75) is 31.2 Å². The van der Waals surface area contributed by atoms with Gasteiger partial charge in [0.15, 0.2) is 5.79 Å². The molecule has 11 nitrogen and oxygen atoms in total. The molecule has 0 saturated carbocycles. The normalized spacial score (nSPS) is 17.1. The van der Waals surface area contributed by atoms with Gasteiger partial charge in [0, 0.05) is 34.0 Å². The summed E-state index contributed by atoms with van der Waals surface area (Å²) in [5.74, 6) is -2.94. The molecule has 0 bridgehead atoms. The number of hydrogen-bond acceptors (Lipinski definition) is 8. The number of nitrogens with two attached hydrogens (primary N) is 2. The lowest BCUT2D eigenvalue weighted by molar-refractivity contribution is -0.152. The molecule has 216 valence electrons. The number of amidine groups is 1. The average Bonchev–Trinajstić information content (AvgIpc) is 3.69. The van der Waals surface area contributed by atoms with Crippen molar-refractivity contribution >= 4 is 35.4 Å². The zero-order valence-electron chi connectivity index (χ0n) is 21.8. The third kappa shape index (κ3) is 7.09. The highest BCUT2D eigenvalue weighted by molar-refractivity contribution is 7.10. The summed E-state index contributed by atoms with van der Waals surface area (Å²) < 4.78 is 39.6. The van der Waals surface area contributed by atoms with E-state index in [9.17, 15) is 18.4 Å². The first-order valence-corrected chi connectivity index (χ1v) is 13.4. The van der Waals surface area contributed by atoms with E-state index in [2.05, 4.69) is 16.0 Å². The fraction of sp³-hybridized carbons (Fsp3) is 0.296. The molecular formula is C27H28F2N6O5S. The first kappa shape index (κ1) is 29.7. The second kappa shape index (κ2) is 12.9. The summed E-state index contributed by atoms with van der Waals surface area (Å²) in [5.41, 5.74) is 11.1. The van der Waals surface area contributed by atoms with E-state index in [0.29, 0.717) is 24.3 Å². The van der Waals surface area contributed by atoms with Crippen molar-refractivity contribution in [2.24, 2.45) is 11.5 Å². The first-order valence-electron chi connectivity index (χ1n) is 12.5. The number of nitrogens with zero attached hydrogens (tertiary/aromatic N) is 2.